The highest BCUT2D eigenvalue weighted by molar-refractivity contribution is 7.99. The molecule has 0 saturated carbocycles. The summed E-state index contributed by atoms with van der Waals surface area (Å²) in [4.78, 5) is 16.5. The molecular weight excluding hydrogens is 395 g/mol. The Bertz CT molecular complexity index is 1040. The van der Waals surface area contributed by atoms with Crippen LogP contribution >= 0.6 is 11.8 Å². The van der Waals surface area contributed by atoms with E-state index < -0.39 is 0 Å². The number of aromatic nitrogens is 3. The summed E-state index contributed by atoms with van der Waals surface area (Å²) in [5, 5.41) is 10.1. The molecule has 0 radical (unpaired) electrons. The van der Waals surface area contributed by atoms with Gasteiger partial charge >= 0.3 is 0 Å². The Morgan fingerprint density at radius 3 is 2.76 bits per heavy atom. The summed E-state index contributed by atoms with van der Waals surface area (Å²) >= 11 is 1.22. The number of H-pyrrole nitrogens is 1. The number of ether oxygens (including phenoxy) is 2. The zero-order valence-corrected chi connectivity index (χ0v) is 16.0. The van der Waals surface area contributed by atoms with Crippen LogP contribution in [0.2, 0.25) is 0 Å². The summed E-state index contributed by atoms with van der Waals surface area (Å²) in [5.74, 6) is 1.53. The van der Waals surface area contributed by atoms with Crippen LogP contribution < -0.4 is 14.8 Å². The second-order valence-electron chi connectivity index (χ2n) is 6.08. The van der Waals surface area contributed by atoms with Crippen molar-refractivity contribution in [3.05, 3.63) is 59.7 Å². The summed E-state index contributed by atoms with van der Waals surface area (Å²) in [6.45, 7) is 1.01. The van der Waals surface area contributed by atoms with Gasteiger partial charge in [-0.05, 0) is 35.9 Å². The molecule has 1 aliphatic heterocycles. The van der Waals surface area contributed by atoms with Crippen molar-refractivity contribution >= 4 is 35.5 Å². The van der Waals surface area contributed by atoms with Gasteiger partial charge in [-0.15, -0.1) is 5.10 Å². The lowest BCUT2D eigenvalue weighted by molar-refractivity contribution is -0.113. The monoisotopic (exact) mass is 412 g/mol. The second-order valence-corrected chi connectivity index (χ2v) is 7.03. The number of benzene rings is 2. The average molecular weight is 412 g/mol. The fourth-order valence-corrected chi connectivity index (χ4v) is 3.20. The molecule has 1 aromatic heterocycles. The lowest BCUT2D eigenvalue weighted by Crippen LogP contribution is -2.17. The van der Waals surface area contributed by atoms with E-state index in [0.717, 1.165) is 5.56 Å². The molecule has 2 N–H and O–H groups in total. The minimum Gasteiger partial charge on any atom is -0.486 e. The van der Waals surface area contributed by atoms with Crippen molar-refractivity contribution < 1.29 is 18.7 Å². The molecule has 1 aliphatic rings. The van der Waals surface area contributed by atoms with Gasteiger partial charge in [-0.1, -0.05) is 30.0 Å². The number of hydrogen-bond acceptors (Lipinski definition) is 6. The standard InChI is InChI=1S/C20H17FN4O3S/c21-14-4-1-13(2-5-14)3-8-18-23-20(25-24-18)29-12-19(26)22-15-6-7-16-17(11-15)28-10-9-27-16/h1-8,11H,9-10,12H2,(H,22,26)(H,23,24,25)/b8-3+. The molecule has 3 aromatic rings. The van der Waals surface area contributed by atoms with E-state index in [4.69, 9.17) is 9.47 Å². The average Bonchev–Trinajstić information content (AvgIpc) is 3.20. The van der Waals surface area contributed by atoms with Crippen LogP contribution in [0, 0.1) is 5.82 Å². The number of anilines is 1. The minimum atomic E-state index is -0.282. The Labute approximate surface area is 170 Å². The maximum Gasteiger partial charge on any atom is 0.234 e. The molecule has 0 spiro atoms. The van der Waals surface area contributed by atoms with Gasteiger partial charge in [0.25, 0.3) is 0 Å². The molecule has 7 nitrogen and oxygen atoms in total. The topological polar surface area (TPSA) is 89.1 Å². The molecule has 29 heavy (non-hydrogen) atoms. The van der Waals surface area contributed by atoms with Crippen LogP contribution in [0.1, 0.15) is 11.4 Å². The van der Waals surface area contributed by atoms with Gasteiger partial charge in [0.05, 0.1) is 5.75 Å². The van der Waals surface area contributed by atoms with E-state index in [1.807, 2.05) is 0 Å². The second kappa shape index (κ2) is 8.78. The predicted molar refractivity (Wildman–Crippen MR) is 108 cm³/mol. The molecule has 0 saturated heterocycles. The van der Waals surface area contributed by atoms with Crippen LogP contribution in [-0.4, -0.2) is 40.1 Å². The summed E-state index contributed by atoms with van der Waals surface area (Å²) in [5.41, 5.74) is 1.48. The smallest absolute Gasteiger partial charge is 0.234 e. The van der Waals surface area contributed by atoms with E-state index in [-0.39, 0.29) is 17.5 Å². The Morgan fingerprint density at radius 2 is 1.93 bits per heavy atom. The third-order valence-corrected chi connectivity index (χ3v) is 4.79. The highest BCUT2D eigenvalue weighted by Crippen LogP contribution is 2.32. The molecule has 2 heterocycles. The van der Waals surface area contributed by atoms with E-state index in [9.17, 15) is 9.18 Å². The van der Waals surface area contributed by atoms with E-state index >= 15 is 0 Å². The van der Waals surface area contributed by atoms with Crippen LogP contribution in [0.15, 0.2) is 47.6 Å². The number of nitrogens with zero attached hydrogens (tertiary/aromatic N) is 2. The number of halogens is 1. The summed E-state index contributed by atoms with van der Waals surface area (Å²) in [6, 6.07) is 11.4. The lowest BCUT2D eigenvalue weighted by atomic mass is 10.2. The van der Waals surface area contributed by atoms with Gasteiger partial charge in [0.2, 0.25) is 11.1 Å². The fourth-order valence-electron chi connectivity index (χ4n) is 2.59. The van der Waals surface area contributed by atoms with Gasteiger partial charge in [-0.3, -0.25) is 9.89 Å². The van der Waals surface area contributed by atoms with Crippen LogP contribution in [0.5, 0.6) is 11.5 Å². The third-order valence-electron chi connectivity index (χ3n) is 3.94. The number of aromatic amines is 1. The third kappa shape index (κ3) is 5.14. The number of amides is 1. The van der Waals surface area contributed by atoms with Crippen molar-refractivity contribution in [2.45, 2.75) is 5.16 Å². The highest BCUT2D eigenvalue weighted by atomic mass is 32.2. The number of thioether (sulfide) groups is 1. The zero-order chi connectivity index (χ0) is 20.1. The van der Waals surface area contributed by atoms with E-state index in [2.05, 4.69) is 20.5 Å². The van der Waals surface area contributed by atoms with Crippen LogP contribution in [0.4, 0.5) is 10.1 Å². The Kier molecular flexibility index (Phi) is 5.76. The molecule has 9 heteroatoms. The Morgan fingerprint density at radius 1 is 1.14 bits per heavy atom. The molecule has 4 rings (SSSR count). The van der Waals surface area contributed by atoms with E-state index in [0.29, 0.717) is 41.4 Å². The first-order valence-electron chi connectivity index (χ1n) is 8.84. The van der Waals surface area contributed by atoms with Crippen molar-refractivity contribution in [3.63, 3.8) is 0 Å². The number of nitrogens with one attached hydrogen (secondary N) is 2. The molecule has 0 aliphatic carbocycles. The quantitative estimate of drug-likeness (QED) is 0.601. The van der Waals surface area contributed by atoms with Crippen molar-refractivity contribution in [2.24, 2.45) is 0 Å². The highest BCUT2D eigenvalue weighted by Gasteiger charge is 2.13. The van der Waals surface area contributed by atoms with Gasteiger partial charge in [-0.25, -0.2) is 9.37 Å². The van der Waals surface area contributed by atoms with E-state index in [1.165, 1.54) is 23.9 Å². The van der Waals surface area contributed by atoms with Crippen LogP contribution in [0.3, 0.4) is 0 Å². The molecule has 0 unspecified atom stereocenters. The molecule has 0 bridgehead atoms. The van der Waals surface area contributed by atoms with Crippen molar-refractivity contribution in [1.82, 2.24) is 15.2 Å². The maximum absolute atomic E-state index is 12.9. The summed E-state index contributed by atoms with van der Waals surface area (Å²) in [6.07, 6.45) is 3.53. The maximum atomic E-state index is 12.9. The Balaban J connectivity index is 1.29. The van der Waals surface area contributed by atoms with Gasteiger partial charge in [-0.2, -0.15) is 0 Å². The molecule has 0 fully saturated rings. The molecule has 2 aromatic carbocycles. The molecule has 148 valence electrons. The van der Waals surface area contributed by atoms with Gasteiger partial charge < -0.3 is 14.8 Å². The number of hydrogen-bond donors (Lipinski definition) is 2. The largest absolute Gasteiger partial charge is 0.486 e. The first kappa shape index (κ1) is 19.0. The first-order chi connectivity index (χ1) is 14.2. The molecular formula is C20H17FN4O3S. The first-order valence-corrected chi connectivity index (χ1v) is 9.83. The van der Waals surface area contributed by atoms with Crippen LogP contribution in [-0.2, 0) is 4.79 Å². The zero-order valence-electron chi connectivity index (χ0n) is 15.2. The SMILES string of the molecule is O=C(CSc1n[nH]c(/C=C/c2ccc(F)cc2)n1)Nc1ccc2c(c1)OCCO2. The summed E-state index contributed by atoms with van der Waals surface area (Å²) < 4.78 is 23.9. The Hall–Kier alpha value is -3.33. The van der Waals surface area contributed by atoms with Crippen LogP contribution in [0.25, 0.3) is 12.2 Å². The van der Waals surface area contributed by atoms with Crippen molar-refractivity contribution in [1.29, 1.82) is 0 Å². The number of carbonyl (C=O) groups excluding carboxylic acids is 1. The fraction of sp³-hybridized carbons (Fsp3) is 0.150. The van der Waals surface area contributed by atoms with E-state index in [1.54, 1.807) is 42.5 Å². The van der Waals surface area contributed by atoms with Gasteiger partial charge in [0.1, 0.15) is 24.9 Å². The normalized spacial score (nSPS) is 12.9. The number of rotatable bonds is 6. The lowest BCUT2D eigenvalue weighted by Gasteiger charge is -2.18. The predicted octanol–water partition coefficient (Wildman–Crippen LogP) is 3.62. The molecule has 0 atom stereocenters. The number of carbonyl (C=O) groups is 1. The van der Waals surface area contributed by atoms with Crippen molar-refractivity contribution in [2.75, 3.05) is 24.3 Å². The minimum absolute atomic E-state index is 0.160. The molecule has 1 amide bonds. The van der Waals surface area contributed by atoms with Crippen molar-refractivity contribution in [3.8, 4) is 11.5 Å². The summed E-state index contributed by atoms with van der Waals surface area (Å²) in [7, 11) is 0. The number of fused-ring (bicyclic) bond motifs is 1. The van der Waals surface area contributed by atoms with Gasteiger partial charge in [0.15, 0.2) is 11.5 Å². The van der Waals surface area contributed by atoms with Gasteiger partial charge in [0, 0.05) is 11.8 Å².